The third-order valence-corrected chi connectivity index (χ3v) is 5.83. The maximum absolute atomic E-state index is 12.4. The molecule has 0 saturated heterocycles. The largest absolute Gasteiger partial charge is 0.477 e. The van der Waals surface area contributed by atoms with Crippen LogP contribution in [0.25, 0.3) is 22.6 Å². The lowest BCUT2D eigenvalue weighted by molar-refractivity contribution is -0.385. The number of para-hydroxylation sites is 2. The van der Waals surface area contributed by atoms with Gasteiger partial charge < -0.3 is 14.5 Å². The molecule has 0 aliphatic rings. The number of nitro benzene ring substituents is 1. The first-order valence-electron chi connectivity index (χ1n) is 10.7. The number of hydrogen-bond acceptors (Lipinski definition) is 6. The molecule has 9 heteroatoms. The highest BCUT2D eigenvalue weighted by Gasteiger charge is 2.17. The van der Waals surface area contributed by atoms with Gasteiger partial charge in [-0.25, -0.2) is 4.98 Å². The number of anilines is 1. The minimum absolute atomic E-state index is 0.00531. The van der Waals surface area contributed by atoms with E-state index in [0.29, 0.717) is 33.7 Å². The zero-order valence-corrected chi connectivity index (χ0v) is 19.3. The van der Waals surface area contributed by atoms with Gasteiger partial charge in [-0.1, -0.05) is 43.6 Å². The normalized spacial score (nSPS) is 11.9. The highest BCUT2D eigenvalue weighted by Crippen LogP contribution is 2.32. The monoisotopic (exact) mass is 479 g/mol. The summed E-state index contributed by atoms with van der Waals surface area (Å²) in [6.45, 7) is 3.88. The predicted octanol–water partition coefficient (Wildman–Crippen LogP) is 6.59. The van der Waals surface area contributed by atoms with Crippen LogP contribution in [-0.2, 0) is 4.79 Å². The predicted molar refractivity (Wildman–Crippen MR) is 130 cm³/mol. The Kier molecular flexibility index (Phi) is 6.79. The highest BCUT2D eigenvalue weighted by atomic mass is 35.5. The summed E-state index contributed by atoms with van der Waals surface area (Å²) in [6.07, 6.45) is 1.03. The van der Waals surface area contributed by atoms with Crippen molar-refractivity contribution in [2.45, 2.75) is 26.2 Å². The standard InChI is InChI=1S/C25H22ClN3O5/c1-3-15(2)16-9-11-22-20(12-16)28-25(34-22)17-8-10-18(26)19(13-17)27-24(30)14-33-23-7-5-4-6-21(23)29(31)32/h4-13,15H,3,14H2,1-2H3,(H,27,30)/t15-/m1/s1. The molecule has 1 aromatic heterocycles. The minimum atomic E-state index is -0.570. The molecule has 0 saturated carbocycles. The number of amides is 1. The molecule has 4 rings (SSSR count). The zero-order valence-electron chi connectivity index (χ0n) is 18.6. The van der Waals surface area contributed by atoms with Gasteiger partial charge in [-0.05, 0) is 54.3 Å². The van der Waals surface area contributed by atoms with E-state index in [9.17, 15) is 14.9 Å². The molecular weight excluding hydrogens is 458 g/mol. The molecule has 1 amide bonds. The number of hydrogen-bond donors (Lipinski definition) is 1. The van der Waals surface area contributed by atoms with Gasteiger partial charge in [0, 0.05) is 11.6 Å². The number of oxazole rings is 1. The van der Waals surface area contributed by atoms with Crippen molar-refractivity contribution in [1.29, 1.82) is 0 Å². The molecule has 1 N–H and O–H groups in total. The molecule has 174 valence electrons. The van der Waals surface area contributed by atoms with Crippen molar-refractivity contribution in [2.24, 2.45) is 0 Å². The maximum Gasteiger partial charge on any atom is 0.310 e. The average Bonchev–Trinajstić information content (AvgIpc) is 3.27. The Labute approximate surface area is 200 Å². The van der Waals surface area contributed by atoms with Crippen LogP contribution in [0.4, 0.5) is 11.4 Å². The zero-order chi connectivity index (χ0) is 24.2. The number of nitro groups is 1. The lowest BCUT2D eigenvalue weighted by Gasteiger charge is -2.10. The van der Waals surface area contributed by atoms with Crippen molar-refractivity contribution in [3.63, 3.8) is 0 Å². The van der Waals surface area contributed by atoms with Crippen LogP contribution in [0.3, 0.4) is 0 Å². The first kappa shape index (κ1) is 23.3. The molecule has 0 radical (unpaired) electrons. The molecule has 0 aliphatic carbocycles. The van der Waals surface area contributed by atoms with Gasteiger partial charge in [-0.2, -0.15) is 0 Å². The summed E-state index contributed by atoms with van der Waals surface area (Å²) in [4.78, 5) is 27.6. The molecule has 4 aromatic rings. The quantitative estimate of drug-likeness (QED) is 0.225. The number of carbonyl (C=O) groups excluding carboxylic acids is 1. The van der Waals surface area contributed by atoms with Crippen LogP contribution in [0, 0.1) is 10.1 Å². The minimum Gasteiger partial charge on any atom is -0.477 e. The van der Waals surface area contributed by atoms with E-state index < -0.39 is 17.4 Å². The second-order valence-corrected chi connectivity index (χ2v) is 8.22. The Morgan fingerprint density at radius 2 is 2.00 bits per heavy atom. The van der Waals surface area contributed by atoms with Gasteiger partial charge in [0.2, 0.25) is 5.89 Å². The Morgan fingerprint density at radius 3 is 2.76 bits per heavy atom. The SMILES string of the molecule is CC[C@@H](C)c1ccc2oc(-c3ccc(Cl)c(NC(=O)COc4ccccc4[N+](=O)[O-])c3)nc2c1. The van der Waals surface area contributed by atoms with Crippen molar-refractivity contribution in [2.75, 3.05) is 11.9 Å². The third kappa shape index (κ3) is 5.02. The summed E-state index contributed by atoms with van der Waals surface area (Å²) in [5, 5.41) is 14.1. The van der Waals surface area contributed by atoms with E-state index >= 15 is 0 Å². The summed E-state index contributed by atoms with van der Waals surface area (Å²) in [5.41, 5.74) is 3.38. The first-order valence-corrected chi connectivity index (χ1v) is 11.1. The van der Waals surface area contributed by atoms with E-state index in [0.717, 1.165) is 11.9 Å². The fraction of sp³-hybridized carbons (Fsp3) is 0.200. The van der Waals surface area contributed by atoms with Gasteiger partial charge in [-0.3, -0.25) is 14.9 Å². The Hall–Kier alpha value is -3.91. The summed E-state index contributed by atoms with van der Waals surface area (Å²) < 4.78 is 11.2. The van der Waals surface area contributed by atoms with Crippen LogP contribution >= 0.6 is 11.6 Å². The topological polar surface area (TPSA) is 108 Å². The van der Waals surface area contributed by atoms with Crippen LogP contribution < -0.4 is 10.1 Å². The Balaban J connectivity index is 1.51. The molecule has 0 unspecified atom stereocenters. The van der Waals surface area contributed by atoms with E-state index in [1.54, 1.807) is 24.3 Å². The molecule has 1 atom stereocenters. The third-order valence-electron chi connectivity index (χ3n) is 5.50. The summed E-state index contributed by atoms with van der Waals surface area (Å²) in [6, 6.07) is 16.9. The maximum atomic E-state index is 12.4. The smallest absolute Gasteiger partial charge is 0.310 e. The van der Waals surface area contributed by atoms with Gasteiger partial charge in [-0.15, -0.1) is 0 Å². The fourth-order valence-corrected chi connectivity index (χ4v) is 3.59. The number of nitrogens with zero attached hydrogens (tertiary/aromatic N) is 2. The van der Waals surface area contributed by atoms with Crippen molar-refractivity contribution in [3.05, 3.63) is 81.4 Å². The second kappa shape index (κ2) is 9.93. The van der Waals surface area contributed by atoms with Crippen molar-refractivity contribution in [3.8, 4) is 17.2 Å². The lowest BCUT2D eigenvalue weighted by Crippen LogP contribution is -2.20. The van der Waals surface area contributed by atoms with Crippen LogP contribution in [-0.4, -0.2) is 22.4 Å². The van der Waals surface area contributed by atoms with Gasteiger partial charge in [0.25, 0.3) is 5.91 Å². The molecular formula is C25H22ClN3O5. The Morgan fingerprint density at radius 1 is 1.21 bits per heavy atom. The molecule has 0 aliphatic heterocycles. The summed E-state index contributed by atoms with van der Waals surface area (Å²) in [5.74, 6) is 0.305. The number of fused-ring (bicyclic) bond motifs is 1. The van der Waals surface area contributed by atoms with Crippen LogP contribution in [0.5, 0.6) is 5.75 Å². The van der Waals surface area contributed by atoms with E-state index in [2.05, 4.69) is 24.1 Å². The number of carbonyl (C=O) groups is 1. The van der Waals surface area contributed by atoms with Crippen LogP contribution in [0.2, 0.25) is 5.02 Å². The van der Waals surface area contributed by atoms with E-state index in [4.69, 9.17) is 20.8 Å². The molecule has 0 spiro atoms. The number of benzene rings is 3. The highest BCUT2D eigenvalue weighted by molar-refractivity contribution is 6.33. The van der Waals surface area contributed by atoms with Crippen LogP contribution in [0.15, 0.2) is 65.1 Å². The van der Waals surface area contributed by atoms with Gasteiger partial charge >= 0.3 is 5.69 Å². The number of ether oxygens (including phenoxy) is 1. The fourth-order valence-electron chi connectivity index (χ4n) is 3.42. The molecule has 3 aromatic carbocycles. The number of rotatable bonds is 8. The number of aromatic nitrogens is 1. The molecule has 8 nitrogen and oxygen atoms in total. The molecule has 0 bridgehead atoms. The van der Waals surface area contributed by atoms with E-state index in [1.807, 2.05) is 18.2 Å². The lowest BCUT2D eigenvalue weighted by atomic mass is 9.98. The number of nitrogens with one attached hydrogen (secondary N) is 1. The second-order valence-electron chi connectivity index (χ2n) is 7.81. The summed E-state index contributed by atoms with van der Waals surface area (Å²) in [7, 11) is 0. The molecule has 1 heterocycles. The number of halogens is 1. The molecule has 0 fully saturated rings. The molecule has 34 heavy (non-hydrogen) atoms. The van der Waals surface area contributed by atoms with E-state index in [-0.39, 0.29) is 11.4 Å². The summed E-state index contributed by atoms with van der Waals surface area (Å²) >= 11 is 6.27. The van der Waals surface area contributed by atoms with Gasteiger partial charge in [0.15, 0.2) is 17.9 Å². The van der Waals surface area contributed by atoms with Crippen molar-refractivity contribution < 1.29 is 18.9 Å². The first-order chi connectivity index (χ1) is 16.4. The van der Waals surface area contributed by atoms with E-state index in [1.165, 1.54) is 23.8 Å². The Bertz CT molecular complexity index is 1370. The van der Waals surface area contributed by atoms with Crippen molar-refractivity contribution >= 4 is 40.0 Å². The van der Waals surface area contributed by atoms with Gasteiger partial charge in [0.05, 0.1) is 15.6 Å². The van der Waals surface area contributed by atoms with Crippen molar-refractivity contribution in [1.82, 2.24) is 4.98 Å². The average molecular weight is 480 g/mol. The van der Waals surface area contributed by atoms with Gasteiger partial charge in [0.1, 0.15) is 5.52 Å². The van der Waals surface area contributed by atoms with Crippen LogP contribution in [0.1, 0.15) is 31.7 Å².